The summed E-state index contributed by atoms with van der Waals surface area (Å²) in [6, 6.07) is -0.627. The molecule has 1 amide bonds. The molecule has 0 spiro atoms. The van der Waals surface area contributed by atoms with Crippen LogP contribution in [0.2, 0.25) is 0 Å². The standard InChI is InChI=1S/C85H159NO5/c1-3-5-7-9-11-13-15-17-19-21-47-51-55-59-63-67-71-75-79-85(90)91-80-76-72-68-64-60-56-52-48-44-42-40-38-36-34-32-30-28-26-24-22-23-25-27-29-31-33-35-37-39-41-43-46-50-54-58-62-66-70-74-78-84(89)86-82(81-87)83(88)77-73-69-65-61-57-53-49-45-20-18-16-14-12-10-8-6-4-2/h13,15,19,21-23,26,28,73,77,82-83,87-88H,3-12,14,16-18,20,24-25,27,29-72,74-76,78-81H2,1-2H3,(H,86,89)/b15-13-,21-19-,23-22-,28-26-,77-73+. The van der Waals surface area contributed by atoms with Crippen LogP contribution in [0.4, 0.5) is 0 Å². The molecule has 0 saturated heterocycles. The van der Waals surface area contributed by atoms with E-state index in [2.05, 4.69) is 67.8 Å². The van der Waals surface area contributed by atoms with Crippen LogP contribution in [0.1, 0.15) is 444 Å². The fourth-order valence-corrected chi connectivity index (χ4v) is 12.8. The van der Waals surface area contributed by atoms with E-state index in [1.54, 1.807) is 6.08 Å². The Hall–Kier alpha value is -2.44. The molecule has 91 heavy (non-hydrogen) atoms. The number of aliphatic hydroxyl groups is 2. The highest BCUT2D eigenvalue weighted by Gasteiger charge is 2.18. The van der Waals surface area contributed by atoms with Gasteiger partial charge in [-0.15, -0.1) is 0 Å². The lowest BCUT2D eigenvalue weighted by Crippen LogP contribution is -2.45. The van der Waals surface area contributed by atoms with Crippen molar-refractivity contribution in [3.63, 3.8) is 0 Å². The van der Waals surface area contributed by atoms with Gasteiger partial charge in [0.25, 0.3) is 0 Å². The monoisotopic (exact) mass is 1270 g/mol. The Labute approximate surface area is 569 Å². The van der Waals surface area contributed by atoms with Gasteiger partial charge in [-0.1, -0.05) is 396 Å². The van der Waals surface area contributed by atoms with Crippen LogP contribution in [-0.4, -0.2) is 47.4 Å². The summed E-state index contributed by atoms with van der Waals surface area (Å²) in [7, 11) is 0. The van der Waals surface area contributed by atoms with Gasteiger partial charge in [0, 0.05) is 12.8 Å². The predicted octanol–water partition coefficient (Wildman–Crippen LogP) is 27.3. The van der Waals surface area contributed by atoms with Crippen molar-refractivity contribution in [2.24, 2.45) is 0 Å². The van der Waals surface area contributed by atoms with Crippen LogP contribution in [0.5, 0.6) is 0 Å². The van der Waals surface area contributed by atoms with Gasteiger partial charge in [-0.3, -0.25) is 9.59 Å². The first-order valence-electron chi connectivity index (χ1n) is 41.1. The summed E-state index contributed by atoms with van der Waals surface area (Å²) in [6.45, 7) is 4.92. The van der Waals surface area contributed by atoms with Gasteiger partial charge in [-0.25, -0.2) is 0 Å². The van der Waals surface area contributed by atoms with Crippen LogP contribution in [0.15, 0.2) is 60.8 Å². The van der Waals surface area contributed by atoms with E-state index in [1.807, 2.05) is 6.08 Å². The molecular weight excluding hydrogens is 1110 g/mol. The first kappa shape index (κ1) is 88.6. The maximum atomic E-state index is 12.5. The number of hydrogen-bond acceptors (Lipinski definition) is 5. The molecule has 0 aliphatic heterocycles. The van der Waals surface area contributed by atoms with Gasteiger partial charge in [0.1, 0.15) is 0 Å². The van der Waals surface area contributed by atoms with Crippen molar-refractivity contribution < 1.29 is 24.5 Å². The van der Waals surface area contributed by atoms with Crippen molar-refractivity contribution in [3.8, 4) is 0 Å². The van der Waals surface area contributed by atoms with Gasteiger partial charge in [-0.2, -0.15) is 0 Å². The molecule has 0 heterocycles. The molecule has 534 valence electrons. The maximum absolute atomic E-state index is 12.5. The summed E-state index contributed by atoms with van der Waals surface area (Å²) in [5, 5.41) is 23.2. The Balaban J connectivity index is 3.37. The number of unbranched alkanes of at least 4 members (excludes halogenated alkanes) is 58. The molecule has 0 aliphatic rings. The van der Waals surface area contributed by atoms with Gasteiger partial charge >= 0.3 is 5.97 Å². The van der Waals surface area contributed by atoms with E-state index < -0.39 is 12.1 Å². The molecule has 6 nitrogen and oxygen atoms in total. The maximum Gasteiger partial charge on any atom is 0.305 e. The molecule has 0 fully saturated rings. The first-order chi connectivity index (χ1) is 45.0. The van der Waals surface area contributed by atoms with Crippen molar-refractivity contribution >= 4 is 11.9 Å². The summed E-state index contributed by atoms with van der Waals surface area (Å²) in [4.78, 5) is 24.6. The minimum Gasteiger partial charge on any atom is -0.466 e. The molecule has 0 bridgehead atoms. The highest BCUT2D eigenvalue weighted by Crippen LogP contribution is 2.19. The van der Waals surface area contributed by atoms with E-state index in [1.165, 1.54) is 360 Å². The van der Waals surface area contributed by atoms with E-state index in [0.29, 0.717) is 19.4 Å². The van der Waals surface area contributed by atoms with Crippen LogP contribution in [-0.2, 0) is 14.3 Å². The predicted molar refractivity (Wildman–Crippen MR) is 402 cm³/mol. The molecule has 0 aromatic rings. The SMILES string of the molecule is CCCCCC/C=C\C/C=C\CCCCCCCCCC(=O)OCCCCCCCCCCCCCCCCC/C=C\C/C=C\CCCCCCCCCCCCCCCCCCCC(=O)NC(CO)C(O)/C=C/CCCCCCCCCCCCCCCCC. The number of ether oxygens (including phenoxy) is 1. The number of carbonyl (C=O) groups is 2. The van der Waals surface area contributed by atoms with Gasteiger partial charge in [-0.05, 0) is 96.3 Å². The first-order valence-corrected chi connectivity index (χ1v) is 41.1. The minimum atomic E-state index is -0.843. The quantitative estimate of drug-likeness (QED) is 0.0320. The Morgan fingerprint density at radius 1 is 0.308 bits per heavy atom. The lowest BCUT2D eigenvalue weighted by Gasteiger charge is -2.20. The van der Waals surface area contributed by atoms with E-state index in [9.17, 15) is 19.8 Å². The molecule has 6 heteroatoms. The fraction of sp³-hybridized carbons (Fsp3) is 0.859. The number of nitrogens with one attached hydrogen (secondary N) is 1. The number of rotatable bonds is 77. The van der Waals surface area contributed by atoms with Crippen molar-refractivity contribution in [1.82, 2.24) is 5.32 Å². The van der Waals surface area contributed by atoms with E-state index in [4.69, 9.17) is 4.74 Å². The third-order valence-electron chi connectivity index (χ3n) is 19.0. The average Bonchev–Trinajstić information content (AvgIpc) is 3.73. The number of allylic oxidation sites excluding steroid dienone is 9. The molecule has 0 aliphatic carbocycles. The zero-order valence-electron chi connectivity index (χ0n) is 61.3. The summed E-state index contributed by atoms with van der Waals surface area (Å²) < 4.78 is 5.51. The zero-order chi connectivity index (χ0) is 65.6. The number of esters is 1. The third kappa shape index (κ3) is 76.5. The minimum absolute atomic E-state index is 0.0131. The van der Waals surface area contributed by atoms with Crippen LogP contribution in [0.25, 0.3) is 0 Å². The molecule has 0 rings (SSSR count). The van der Waals surface area contributed by atoms with E-state index in [0.717, 1.165) is 57.8 Å². The number of amides is 1. The average molecular weight is 1280 g/mol. The Kier molecular flexibility index (Phi) is 77.9. The lowest BCUT2D eigenvalue weighted by atomic mass is 10.0. The molecule has 0 radical (unpaired) electrons. The van der Waals surface area contributed by atoms with Gasteiger partial charge < -0.3 is 20.3 Å². The Morgan fingerprint density at radius 2 is 0.549 bits per heavy atom. The summed E-state index contributed by atoms with van der Waals surface area (Å²) in [6.07, 6.45) is 108. The van der Waals surface area contributed by atoms with Gasteiger partial charge in [0.2, 0.25) is 5.91 Å². The van der Waals surface area contributed by atoms with Crippen LogP contribution in [0.3, 0.4) is 0 Å². The lowest BCUT2D eigenvalue weighted by molar-refractivity contribution is -0.143. The highest BCUT2D eigenvalue weighted by atomic mass is 16.5. The van der Waals surface area contributed by atoms with E-state index >= 15 is 0 Å². The van der Waals surface area contributed by atoms with Gasteiger partial charge in [0.15, 0.2) is 0 Å². The third-order valence-corrected chi connectivity index (χ3v) is 19.0. The molecule has 0 aromatic heterocycles. The van der Waals surface area contributed by atoms with Crippen LogP contribution < -0.4 is 5.32 Å². The fourth-order valence-electron chi connectivity index (χ4n) is 12.8. The molecule has 2 unspecified atom stereocenters. The molecule has 0 aromatic carbocycles. The molecule has 0 saturated carbocycles. The molecular formula is C85H159NO5. The summed E-state index contributed by atoms with van der Waals surface area (Å²) >= 11 is 0. The second kappa shape index (κ2) is 80.0. The number of aliphatic hydroxyl groups excluding tert-OH is 2. The normalized spacial score (nSPS) is 12.8. The van der Waals surface area contributed by atoms with Crippen LogP contribution in [0, 0.1) is 0 Å². The largest absolute Gasteiger partial charge is 0.466 e. The summed E-state index contributed by atoms with van der Waals surface area (Å²) in [5.74, 6) is -0.0488. The van der Waals surface area contributed by atoms with Crippen molar-refractivity contribution in [3.05, 3.63) is 60.8 Å². The molecule has 2 atom stereocenters. The van der Waals surface area contributed by atoms with E-state index in [-0.39, 0.29) is 18.5 Å². The van der Waals surface area contributed by atoms with Crippen LogP contribution >= 0.6 is 0 Å². The topological polar surface area (TPSA) is 95.9 Å². The van der Waals surface area contributed by atoms with Crippen molar-refractivity contribution in [2.75, 3.05) is 13.2 Å². The summed E-state index contributed by atoms with van der Waals surface area (Å²) in [5.41, 5.74) is 0. The second-order valence-corrected chi connectivity index (χ2v) is 28.1. The number of hydrogen-bond donors (Lipinski definition) is 3. The van der Waals surface area contributed by atoms with Crippen molar-refractivity contribution in [2.45, 2.75) is 456 Å². The second-order valence-electron chi connectivity index (χ2n) is 28.1. The van der Waals surface area contributed by atoms with Gasteiger partial charge in [0.05, 0.1) is 25.4 Å². The number of carbonyl (C=O) groups excluding carboxylic acids is 2. The molecule has 3 N–H and O–H groups in total. The Morgan fingerprint density at radius 3 is 0.846 bits per heavy atom. The zero-order valence-corrected chi connectivity index (χ0v) is 61.3. The highest BCUT2D eigenvalue weighted by molar-refractivity contribution is 5.76. The Bertz CT molecular complexity index is 1570. The van der Waals surface area contributed by atoms with Crippen molar-refractivity contribution in [1.29, 1.82) is 0 Å². The smallest absolute Gasteiger partial charge is 0.305 e.